The molecule has 0 bridgehead atoms. The number of rotatable bonds is 2. The van der Waals surface area contributed by atoms with Crippen molar-refractivity contribution < 1.29 is 13.2 Å². The second kappa shape index (κ2) is 4.54. The fourth-order valence-electron chi connectivity index (χ4n) is 1.13. The largest absolute Gasteiger partial charge is 0.417 e. The molecule has 0 aliphatic rings. The van der Waals surface area contributed by atoms with Crippen molar-refractivity contribution in [2.24, 2.45) is 0 Å². The summed E-state index contributed by atoms with van der Waals surface area (Å²) in [7, 11) is 0. The highest BCUT2D eigenvalue weighted by Crippen LogP contribution is 2.33. The molecule has 6 heteroatoms. The highest BCUT2D eigenvalue weighted by molar-refractivity contribution is 5.53. The predicted octanol–water partition coefficient (Wildman–Crippen LogP) is 2.51. The van der Waals surface area contributed by atoms with Gasteiger partial charge in [-0.15, -0.1) is 0 Å². The van der Waals surface area contributed by atoms with E-state index in [9.17, 15) is 13.2 Å². The smallest absolute Gasteiger partial charge is 0.372 e. The van der Waals surface area contributed by atoms with Crippen LogP contribution in [0.25, 0.3) is 0 Å². The summed E-state index contributed by atoms with van der Waals surface area (Å²) in [6.45, 7) is -0.0941. The summed E-state index contributed by atoms with van der Waals surface area (Å²) < 4.78 is 37.5. The predicted molar refractivity (Wildman–Crippen MR) is 50.3 cm³/mol. The molecule has 1 aromatic carbocycles. The number of nitrogens with one attached hydrogen (secondary N) is 1. The first-order valence-electron chi connectivity index (χ1n) is 4.21. The lowest BCUT2D eigenvalue weighted by Crippen LogP contribution is -2.09. The van der Waals surface area contributed by atoms with E-state index in [0.717, 1.165) is 12.1 Å². The monoisotopic (exact) mass is 225 g/mol. The van der Waals surface area contributed by atoms with Crippen LogP contribution in [0, 0.1) is 22.7 Å². The first-order chi connectivity index (χ1) is 7.49. The molecular weight excluding hydrogens is 219 g/mol. The van der Waals surface area contributed by atoms with Crippen LogP contribution in [0.1, 0.15) is 11.1 Å². The molecule has 1 N–H and O–H groups in total. The number of nitrogens with zero attached hydrogens (tertiary/aromatic N) is 2. The van der Waals surface area contributed by atoms with Crippen LogP contribution in [0.15, 0.2) is 18.2 Å². The van der Waals surface area contributed by atoms with Gasteiger partial charge in [0.15, 0.2) is 0 Å². The lowest BCUT2D eigenvalue weighted by Gasteiger charge is -2.10. The Morgan fingerprint density at radius 1 is 1.25 bits per heavy atom. The van der Waals surface area contributed by atoms with E-state index in [0.29, 0.717) is 0 Å². The molecule has 0 atom stereocenters. The topological polar surface area (TPSA) is 59.6 Å². The zero-order valence-corrected chi connectivity index (χ0v) is 7.97. The van der Waals surface area contributed by atoms with Gasteiger partial charge in [0.1, 0.15) is 6.54 Å². The van der Waals surface area contributed by atoms with E-state index in [1.807, 2.05) is 0 Å². The maximum atomic E-state index is 12.5. The molecular formula is C10H6F3N3. The van der Waals surface area contributed by atoms with Gasteiger partial charge in [-0.05, 0) is 18.2 Å². The van der Waals surface area contributed by atoms with E-state index < -0.39 is 17.3 Å². The van der Waals surface area contributed by atoms with E-state index >= 15 is 0 Å². The van der Waals surface area contributed by atoms with Crippen molar-refractivity contribution in [1.82, 2.24) is 0 Å². The van der Waals surface area contributed by atoms with Crippen LogP contribution in [0.3, 0.4) is 0 Å². The van der Waals surface area contributed by atoms with Crippen molar-refractivity contribution in [2.75, 3.05) is 11.9 Å². The molecule has 0 amide bonds. The summed E-state index contributed by atoms with van der Waals surface area (Å²) in [5.74, 6) is 0. The first-order valence-corrected chi connectivity index (χ1v) is 4.21. The Labute approximate surface area is 89.7 Å². The van der Waals surface area contributed by atoms with Gasteiger partial charge in [-0.1, -0.05) is 0 Å². The van der Waals surface area contributed by atoms with E-state index in [1.54, 1.807) is 6.07 Å². The van der Waals surface area contributed by atoms with E-state index in [-0.39, 0.29) is 12.2 Å². The third kappa shape index (κ3) is 2.64. The molecule has 0 aliphatic heterocycles. The fraction of sp³-hybridized carbons (Fsp3) is 0.200. The van der Waals surface area contributed by atoms with Crippen LogP contribution in [0.4, 0.5) is 18.9 Å². The van der Waals surface area contributed by atoms with Gasteiger partial charge in [0.25, 0.3) is 0 Å². The summed E-state index contributed by atoms with van der Waals surface area (Å²) in [4.78, 5) is 0. The SMILES string of the molecule is N#CCNc1ccc(C#N)c(C(F)(F)F)c1. The van der Waals surface area contributed by atoms with Gasteiger partial charge in [0.2, 0.25) is 0 Å². The third-order valence-corrected chi connectivity index (χ3v) is 1.82. The van der Waals surface area contributed by atoms with E-state index in [4.69, 9.17) is 10.5 Å². The second-order valence-electron chi connectivity index (χ2n) is 2.88. The number of alkyl halides is 3. The molecule has 0 fully saturated rings. The summed E-state index contributed by atoms with van der Waals surface area (Å²) in [5.41, 5.74) is -1.28. The van der Waals surface area contributed by atoms with Gasteiger partial charge in [0, 0.05) is 5.69 Å². The maximum absolute atomic E-state index is 12.5. The van der Waals surface area contributed by atoms with E-state index in [2.05, 4.69) is 5.32 Å². The third-order valence-electron chi connectivity index (χ3n) is 1.82. The van der Waals surface area contributed by atoms with Crippen LogP contribution in [0.5, 0.6) is 0 Å². The molecule has 0 unspecified atom stereocenters. The summed E-state index contributed by atoms with van der Waals surface area (Å²) in [6.07, 6.45) is -4.57. The Kier molecular flexibility index (Phi) is 3.37. The molecule has 0 saturated carbocycles. The number of nitriles is 2. The van der Waals surface area contributed by atoms with Crippen molar-refractivity contribution in [3.8, 4) is 12.1 Å². The molecule has 16 heavy (non-hydrogen) atoms. The Balaban J connectivity index is 3.14. The van der Waals surface area contributed by atoms with Crippen molar-refractivity contribution in [3.63, 3.8) is 0 Å². The molecule has 3 nitrogen and oxygen atoms in total. The van der Waals surface area contributed by atoms with Gasteiger partial charge in [0.05, 0.1) is 23.3 Å². The number of anilines is 1. The van der Waals surface area contributed by atoms with Crippen LogP contribution in [-0.4, -0.2) is 6.54 Å². The first kappa shape index (κ1) is 11.9. The van der Waals surface area contributed by atoms with Gasteiger partial charge in [-0.3, -0.25) is 0 Å². The zero-order valence-electron chi connectivity index (χ0n) is 7.97. The van der Waals surface area contributed by atoms with Gasteiger partial charge < -0.3 is 5.32 Å². The van der Waals surface area contributed by atoms with Crippen LogP contribution in [-0.2, 0) is 6.18 Å². The average molecular weight is 225 g/mol. The standard InChI is InChI=1S/C10H6F3N3/c11-10(12,13)9-5-8(16-4-3-14)2-1-7(9)6-15/h1-2,5,16H,4H2. The Bertz CT molecular complexity index is 466. The minimum absolute atomic E-state index is 0.0941. The lowest BCUT2D eigenvalue weighted by atomic mass is 10.1. The average Bonchev–Trinajstić information content (AvgIpc) is 2.24. The Morgan fingerprint density at radius 2 is 1.94 bits per heavy atom. The maximum Gasteiger partial charge on any atom is 0.417 e. The highest BCUT2D eigenvalue weighted by atomic mass is 19.4. The molecule has 1 rings (SSSR count). The summed E-state index contributed by atoms with van der Waals surface area (Å²) in [6, 6.07) is 6.43. The molecule has 0 aliphatic carbocycles. The number of benzene rings is 1. The normalized spacial score (nSPS) is 10.3. The molecule has 0 heterocycles. The highest BCUT2D eigenvalue weighted by Gasteiger charge is 2.33. The minimum Gasteiger partial charge on any atom is -0.372 e. The van der Waals surface area contributed by atoms with Crippen LogP contribution < -0.4 is 5.32 Å². The molecule has 82 valence electrons. The summed E-state index contributed by atoms with van der Waals surface area (Å²) >= 11 is 0. The van der Waals surface area contributed by atoms with Crippen molar-refractivity contribution >= 4 is 5.69 Å². The van der Waals surface area contributed by atoms with Crippen molar-refractivity contribution in [3.05, 3.63) is 29.3 Å². The van der Waals surface area contributed by atoms with Gasteiger partial charge in [-0.25, -0.2) is 0 Å². The second-order valence-corrected chi connectivity index (χ2v) is 2.88. The summed E-state index contributed by atoms with van der Waals surface area (Å²) in [5, 5.41) is 19.3. The number of hydrogen-bond donors (Lipinski definition) is 1. The van der Waals surface area contributed by atoms with Crippen molar-refractivity contribution in [1.29, 1.82) is 10.5 Å². The van der Waals surface area contributed by atoms with Crippen LogP contribution in [0.2, 0.25) is 0 Å². The Morgan fingerprint density at radius 3 is 2.44 bits per heavy atom. The van der Waals surface area contributed by atoms with Gasteiger partial charge >= 0.3 is 6.18 Å². The lowest BCUT2D eigenvalue weighted by molar-refractivity contribution is -0.137. The van der Waals surface area contributed by atoms with Crippen LogP contribution >= 0.6 is 0 Å². The molecule has 0 radical (unpaired) electrons. The number of halogens is 3. The van der Waals surface area contributed by atoms with Gasteiger partial charge in [-0.2, -0.15) is 23.7 Å². The minimum atomic E-state index is -4.57. The Hall–Kier alpha value is -2.21. The van der Waals surface area contributed by atoms with Crippen molar-refractivity contribution in [2.45, 2.75) is 6.18 Å². The molecule has 0 saturated heterocycles. The molecule has 1 aromatic rings. The molecule has 0 spiro atoms. The van der Waals surface area contributed by atoms with E-state index in [1.165, 1.54) is 12.1 Å². The number of hydrogen-bond acceptors (Lipinski definition) is 3. The molecule has 0 aromatic heterocycles. The fourth-order valence-corrected chi connectivity index (χ4v) is 1.13. The zero-order chi connectivity index (χ0) is 12.2. The quantitative estimate of drug-likeness (QED) is 0.786.